The number of carboxylic acids is 1. The second-order valence-corrected chi connectivity index (χ2v) is 21.3. The van der Waals surface area contributed by atoms with Gasteiger partial charge in [-0.3, -0.25) is 9.59 Å². The first kappa shape index (κ1) is 74.9. The molecular weight excluding hydrogens is 995 g/mol. The van der Waals surface area contributed by atoms with Crippen molar-refractivity contribution >= 4 is 17.9 Å². The molecule has 0 aliphatic carbocycles. The highest BCUT2D eigenvalue weighted by Gasteiger charge is 2.25. The van der Waals surface area contributed by atoms with Crippen molar-refractivity contribution in [2.24, 2.45) is 0 Å². The Labute approximate surface area is 489 Å². The number of carbonyl (C=O) groups excluding carboxylic acids is 2. The van der Waals surface area contributed by atoms with E-state index in [-0.39, 0.29) is 38.6 Å². The Morgan fingerprint density at radius 1 is 0.388 bits per heavy atom. The van der Waals surface area contributed by atoms with Gasteiger partial charge in [-0.25, -0.2) is 4.79 Å². The van der Waals surface area contributed by atoms with Crippen LogP contribution in [0.3, 0.4) is 0 Å². The van der Waals surface area contributed by atoms with Crippen LogP contribution in [0.15, 0.2) is 158 Å². The van der Waals surface area contributed by atoms with Crippen molar-refractivity contribution < 1.29 is 42.9 Å². The number of ether oxygens (including phenoxy) is 4. The van der Waals surface area contributed by atoms with Crippen LogP contribution in [0.25, 0.3) is 0 Å². The lowest BCUT2D eigenvalue weighted by atomic mass is 10.1. The maximum atomic E-state index is 12.9. The Morgan fingerprint density at radius 2 is 0.713 bits per heavy atom. The summed E-state index contributed by atoms with van der Waals surface area (Å²) in [6.45, 7) is 4.68. The van der Waals surface area contributed by atoms with E-state index in [2.05, 4.69) is 172 Å². The lowest BCUT2D eigenvalue weighted by Crippen LogP contribution is -2.40. The van der Waals surface area contributed by atoms with Crippen LogP contribution in [0.2, 0.25) is 0 Å². The molecular formula is C71H114NO8+. The van der Waals surface area contributed by atoms with Crippen molar-refractivity contribution in [1.29, 1.82) is 0 Å². The Morgan fingerprint density at radius 3 is 1.07 bits per heavy atom. The van der Waals surface area contributed by atoms with Crippen LogP contribution in [0.4, 0.5) is 0 Å². The summed E-state index contributed by atoms with van der Waals surface area (Å²) in [5, 5.41) is 9.69. The molecule has 0 aliphatic heterocycles. The summed E-state index contributed by atoms with van der Waals surface area (Å²) in [5.74, 6) is -2.07. The molecule has 0 aromatic heterocycles. The van der Waals surface area contributed by atoms with Crippen LogP contribution >= 0.6 is 0 Å². The summed E-state index contributed by atoms with van der Waals surface area (Å²) in [6, 6.07) is 0. The van der Waals surface area contributed by atoms with E-state index in [1.165, 1.54) is 38.5 Å². The van der Waals surface area contributed by atoms with Crippen LogP contribution in [0.5, 0.6) is 0 Å². The quantitative estimate of drug-likeness (QED) is 0.0211. The van der Waals surface area contributed by atoms with Crippen molar-refractivity contribution in [3.63, 3.8) is 0 Å². The van der Waals surface area contributed by atoms with E-state index in [0.29, 0.717) is 17.4 Å². The molecule has 9 heteroatoms. The van der Waals surface area contributed by atoms with E-state index in [0.717, 1.165) is 141 Å². The Hall–Kier alpha value is -5.09. The number of hydrogen-bond donors (Lipinski definition) is 1. The fourth-order valence-electron chi connectivity index (χ4n) is 7.75. The summed E-state index contributed by atoms with van der Waals surface area (Å²) in [6.07, 6.45) is 86.2. The molecule has 2 atom stereocenters. The molecule has 0 heterocycles. The Balaban J connectivity index is 4.24. The van der Waals surface area contributed by atoms with Crippen LogP contribution in [-0.4, -0.2) is 87.4 Å². The molecule has 1 N–H and O–H groups in total. The van der Waals surface area contributed by atoms with Crippen LogP contribution < -0.4 is 0 Å². The average molecular weight is 1110 g/mol. The summed E-state index contributed by atoms with van der Waals surface area (Å²) in [4.78, 5) is 37.4. The van der Waals surface area contributed by atoms with Gasteiger partial charge in [0.1, 0.15) is 13.2 Å². The molecule has 0 aromatic carbocycles. The molecule has 2 unspecified atom stereocenters. The molecule has 0 aliphatic rings. The number of quaternary nitrogens is 1. The van der Waals surface area contributed by atoms with Crippen molar-refractivity contribution in [3.05, 3.63) is 158 Å². The predicted octanol–water partition coefficient (Wildman–Crippen LogP) is 19.0. The van der Waals surface area contributed by atoms with E-state index in [4.69, 9.17) is 18.9 Å². The second-order valence-electron chi connectivity index (χ2n) is 21.3. The molecule has 0 spiro atoms. The van der Waals surface area contributed by atoms with Gasteiger partial charge in [0.05, 0.1) is 34.4 Å². The third-order valence-corrected chi connectivity index (χ3v) is 12.5. The second kappa shape index (κ2) is 60.0. The number of hydrogen-bond acceptors (Lipinski definition) is 7. The van der Waals surface area contributed by atoms with E-state index < -0.39 is 24.3 Å². The molecule has 0 fully saturated rings. The zero-order chi connectivity index (χ0) is 58.3. The number of allylic oxidation sites excluding steroid dienone is 26. The van der Waals surface area contributed by atoms with Crippen molar-refractivity contribution in [2.45, 2.75) is 225 Å². The van der Waals surface area contributed by atoms with Gasteiger partial charge >= 0.3 is 17.9 Å². The monoisotopic (exact) mass is 1110 g/mol. The van der Waals surface area contributed by atoms with Gasteiger partial charge in [0, 0.05) is 12.8 Å². The van der Waals surface area contributed by atoms with Gasteiger partial charge in [-0.1, -0.05) is 230 Å². The maximum absolute atomic E-state index is 12.9. The van der Waals surface area contributed by atoms with Crippen LogP contribution in [-0.2, 0) is 33.3 Å². The van der Waals surface area contributed by atoms with Gasteiger partial charge < -0.3 is 28.5 Å². The predicted molar refractivity (Wildman–Crippen MR) is 340 cm³/mol. The minimum absolute atomic E-state index is 0.173. The maximum Gasteiger partial charge on any atom is 0.361 e. The number of carboxylic acid groups (broad SMARTS) is 1. The molecule has 450 valence electrons. The average Bonchev–Trinajstić information content (AvgIpc) is 3.43. The largest absolute Gasteiger partial charge is 0.477 e. The fraction of sp³-hybridized carbons (Fsp3) is 0.592. The molecule has 0 saturated heterocycles. The van der Waals surface area contributed by atoms with E-state index >= 15 is 0 Å². The number of carbonyl (C=O) groups is 3. The summed E-state index contributed by atoms with van der Waals surface area (Å²) < 4.78 is 22.8. The number of nitrogens with zero attached hydrogens (tertiary/aromatic N) is 1. The van der Waals surface area contributed by atoms with Crippen molar-refractivity contribution in [2.75, 3.05) is 47.5 Å². The number of rotatable bonds is 55. The molecule has 0 radical (unpaired) electrons. The zero-order valence-corrected chi connectivity index (χ0v) is 51.2. The number of unbranched alkanes of at least 4 members (excludes halogenated alkanes) is 14. The van der Waals surface area contributed by atoms with Crippen molar-refractivity contribution in [3.8, 4) is 0 Å². The minimum atomic E-state index is -1.53. The smallest absolute Gasteiger partial charge is 0.361 e. The lowest BCUT2D eigenvalue weighted by Gasteiger charge is -2.25. The normalized spacial score (nSPS) is 13.9. The molecule has 0 amide bonds. The summed E-state index contributed by atoms with van der Waals surface area (Å²) in [7, 11) is 5.94. The molecule has 0 rings (SSSR count). The van der Waals surface area contributed by atoms with Gasteiger partial charge in [0.15, 0.2) is 6.10 Å². The van der Waals surface area contributed by atoms with Gasteiger partial charge in [-0.05, 0) is 128 Å². The molecule has 0 aromatic rings. The SMILES string of the molecule is CC/C=C\C/C=C\C/C=C\C/C=C\C/C=C\C/C=C\C/C=C\C/C=C\C/C=C\C/C=C\C/C=C\C/C=C\CCCCCCC(=O)OC(COC(=O)CCCCCCC/C=C\CCCCCCC)COC(OCC[N+](C)(C)C)C(=O)O. The van der Waals surface area contributed by atoms with Gasteiger partial charge in [-0.15, -0.1) is 0 Å². The minimum Gasteiger partial charge on any atom is -0.477 e. The summed E-state index contributed by atoms with van der Waals surface area (Å²) in [5.41, 5.74) is 0. The number of esters is 2. The standard InChI is InChI=1S/C71H113NO8/c1-6-8-10-12-14-16-18-20-22-23-24-25-26-27-28-29-30-31-32-33-34-35-36-37-38-39-40-41-42-43-44-45-46-47-48-50-52-54-56-58-60-62-69(74)80-67(66-79-71(70(75)76)77-64-63-72(3,4)5)65-78-68(73)61-59-57-55-53-51-49-21-19-17-15-13-11-9-7-2/h8,10,14,16,19-22,24-25,27-28,30-31,33-34,36-37,39-40,42-43,45-46,48,50,67,71H,6-7,9,11-13,15,17-18,23,26,29,32,35,38,41,44,47,49,51-66H2,1-5H3/p+1/b10-8-,16-14-,21-19-,22-20-,25-24-,28-27-,31-30-,34-33-,37-36-,40-39-,43-42-,46-45-,50-48-. The third-order valence-electron chi connectivity index (χ3n) is 12.5. The first-order valence-electron chi connectivity index (χ1n) is 31.1. The highest BCUT2D eigenvalue weighted by Crippen LogP contribution is 2.13. The zero-order valence-electron chi connectivity index (χ0n) is 51.2. The lowest BCUT2D eigenvalue weighted by molar-refractivity contribution is -0.870. The van der Waals surface area contributed by atoms with Gasteiger partial charge in [-0.2, -0.15) is 0 Å². The van der Waals surface area contributed by atoms with E-state index in [1.807, 2.05) is 21.1 Å². The Kier molecular flexibility index (Phi) is 56.2. The molecule has 9 nitrogen and oxygen atoms in total. The van der Waals surface area contributed by atoms with Gasteiger partial charge in [0.2, 0.25) is 0 Å². The number of aliphatic carboxylic acids is 1. The van der Waals surface area contributed by atoms with E-state index in [9.17, 15) is 19.5 Å². The van der Waals surface area contributed by atoms with E-state index in [1.54, 1.807) is 0 Å². The molecule has 80 heavy (non-hydrogen) atoms. The van der Waals surface area contributed by atoms with Gasteiger partial charge in [0.25, 0.3) is 6.29 Å². The summed E-state index contributed by atoms with van der Waals surface area (Å²) >= 11 is 0. The highest BCUT2D eigenvalue weighted by molar-refractivity contribution is 5.71. The van der Waals surface area contributed by atoms with Crippen LogP contribution in [0, 0.1) is 0 Å². The Bertz CT molecular complexity index is 1870. The molecule has 0 saturated carbocycles. The van der Waals surface area contributed by atoms with Crippen molar-refractivity contribution in [1.82, 2.24) is 0 Å². The number of likely N-dealkylation sites (N-methyl/N-ethyl adjacent to an activating group) is 1. The van der Waals surface area contributed by atoms with Crippen LogP contribution in [0.1, 0.15) is 213 Å². The highest BCUT2D eigenvalue weighted by atomic mass is 16.7. The first-order valence-corrected chi connectivity index (χ1v) is 31.1. The fourth-order valence-corrected chi connectivity index (χ4v) is 7.75. The molecule has 0 bridgehead atoms. The first-order chi connectivity index (χ1) is 39.1. The topological polar surface area (TPSA) is 108 Å². The third kappa shape index (κ3) is 60.5.